The first-order valence-electron chi connectivity index (χ1n) is 4.17. The number of carbonyl (C=O) groups excluding carboxylic acids is 1. The van der Waals surface area contributed by atoms with Crippen LogP contribution in [0.25, 0.3) is 6.08 Å². The first kappa shape index (κ1) is 10.8. The molecule has 0 aromatic heterocycles. The number of nitriles is 1. The Labute approximate surface area is 87.0 Å². The molecule has 4 nitrogen and oxygen atoms in total. The molecule has 15 heavy (non-hydrogen) atoms. The maximum Gasteiger partial charge on any atom is 0.348 e. The van der Waals surface area contributed by atoms with Gasteiger partial charge in [-0.15, -0.1) is 0 Å². The average Bonchev–Trinajstić information content (AvgIpc) is 2.27. The highest BCUT2D eigenvalue weighted by Gasteiger charge is 2.09. The van der Waals surface area contributed by atoms with Crippen LogP contribution in [0.2, 0.25) is 0 Å². The Bertz CT molecular complexity index is 443. The molecule has 0 heterocycles. The molecule has 0 radical (unpaired) electrons. The van der Waals surface area contributed by atoms with Crippen molar-refractivity contribution in [1.82, 2.24) is 0 Å². The fourth-order valence-corrected chi connectivity index (χ4v) is 1.01. The van der Waals surface area contributed by atoms with Gasteiger partial charge in [0.1, 0.15) is 17.4 Å². The Morgan fingerprint density at radius 3 is 2.73 bits per heavy atom. The zero-order valence-electron chi connectivity index (χ0n) is 8.10. The average molecular weight is 203 g/mol. The number of esters is 1. The van der Waals surface area contributed by atoms with Crippen molar-refractivity contribution in [3.8, 4) is 11.8 Å². The second-order valence-electron chi connectivity index (χ2n) is 2.72. The minimum atomic E-state index is -0.722. The van der Waals surface area contributed by atoms with Crippen molar-refractivity contribution in [2.45, 2.75) is 0 Å². The van der Waals surface area contributed by atoms with E-state index in [0.717, 1.165) is 0 Å². The number of nitrogens with zero attached hydrogens (tertiary/aromatic N) is 1. The summed E-state index contributed by atoms with van der Waals surface area (Å²) in [5.41, 5.74) is 0.249. The molecule has 0 saturated heterocycles. The number of carbonyl (C=O) groups is 1. The van der Waals surface area contributed by atoms with Crippen LogP contribution in [0.1, 0.15) is 5.56 Å². The number of phenolic OH excluding ortho intramolecular Hbond substituents is 1. The molecule has 0 aliphatic carbocycles. The summed E-state index contributed by atoms with van der Waals surface area (Å²) in [6.07, 6.45) is 1.28. The molecule has 1 N–H and O–H groups in total. The van der Waals surface area contributed by atoms with Gasteiger partial charge in [0.2, 0.25) is 0 Å². The summed E-state index contributed by atoms with van der Waals surface area (Å²) < 4.78 is 4.40. The molecule has 0 saturated carbocycles. The zero-order chi connectivity index (χ0) is 11.3. The van der Waals surface area contributed by atoms with Gasteiger partial charge in [0.15, 0.2) is 0 Å². The highest BCUT2D eigenvalue weighted by molar-refractivity contribution is 5.98. The highest BCUT2D eigenvalue weighted by Crippen LogP contribution is 2.18. The van der Waals surface area contributed by atoms with Gasteiger partial charge in [-0.2, -0.15) is 5.26 Å². The lowest BCUT2D eigenvalue weighted by atomic mass is 10.1. The lowest BCUT2D eigenvalue weighted by molar-refractivity contribution is -0.135. The van der Waals surface area contributed by atoms with Gasteiger partial charge in [-0.25, -0.2) is 4.79 Å². The van der Waals surface area contributed by atoms with Crippen molar-refractivity contribution < 1.29 is 14.6 Å². The van der Waals surface area contributed by atoms with Gasteiger partial charge >= 0.3 is 5.97 Å². The molecule has 76 valence electrons. The van der Waals surface area contributed by atoms with Crippen molar-refractivity contribution in [2.75, 3.05) is 7.11 Å². The zero-order valence-corrected chi connectivity index (χ0v) is 8.10. The molecule has 0 spiro atoms. The first-order valence-corrected chi connectivity index (χ1v) is 4.17. The largest absolute Gasteiger partial charge is 0.507 e. The lowest BCUT2D eigenvalue weighted by Crippen LogP contribution is -2.02. The smallest absolute Gasteiger partial charge is 0.348 e. The van der Waals surface area contributed by atoms with Crippen LogP contribution < -0.4 is 0 Å². The Morgan fingerprint density at radius 2 is 2.20 bits per heavy atom. The van der Waals surface area contributed by atoms with Crippen molar-refractivity contribution in [3.05, 3.63) is 35.4 Å². The van der Waals surface area contributed by atoms with Crippen LogP contribution in [-0.4, -0.2) is 18.2 Å². The van der Waals surface area contributed by atoms with E-state index in [1.165, 1.54) is 19.3 Å². The summed E-state index contributed by atoms with van der Waals surface area (Å²) >= 11 is 0. The second kappa shape index (κ2) is 4.82. The van der Waals surface area contributed by atoms with Gasteiger partial charge in [-0.3, -0.25) is 0 Å². The normalized spacial score (nSPS) is 10.5. The van der Waals surface area contributed by atoms with Crippen molar-refractivity contribution >= 4 is 12.0 Å². The van der Waals surface area contributed by atoms with Crippen LogP contribution in [-0.2, 0) is 9.53 Å². The molecule has 0 unspecified atom stereocenters. The summed E-state index contributed by atoms with van der Waals surface area (Å²) in [6.45, 7) is 0. The molecule has 1 aromatic rings. The fourth-order valence-electron chi connectivity index (χ4n) is 1.01. The molecular weight excluding hydrogens is 194 g/mol. The molecular formula is C11H9NO3. The number of phenols is 1. The minimum Gasteiger partial charge on any atom is -0.507 e. The van der Waals surface area contributed by atoms with E-state index < -0.39 is 5.97 Å². The van der Waals surface area contributed by atoms with E-state index in [0.29, 0.717) is 5.56 Å². The standard InChI is InChI=1S/C11H9NO3/c1-15-11(14)9(7-12)6-8-4-2-3-5-10(8)13/h2-6,13H,1H3/b9-6+. The van der Waals surface area contributed by atoms with Gasteiger partial charge in [0, 0.05) is 5.56 Å². The van der Waals surface area contributed by atoms with Crippen molar-refractivity contribution in [3.63, 3.8) is 0 Å². The quantitative estimate of drug-likeness (QED) is 0.449. The maximum absolute atomic E-state index is 11.1. The van der Waals surface area contributed by atoms with E-state index in [9.17, 15) is 9.90 Å². The number of ether oxygens (including phenoxy) is 1. The van der Waals surface area contributed by atoms with Crippen LogP contribution in [0.5, 0.6) is 5.75 Å². The topological polar surface area (TPSA) is 70.3 Å². The molecule has 0 fully saturated rings. The molecule has 1 rings (SSSR count). The van der Waals surface area contributed by atoms with Gasteiger partial charge in [0.05, 0.1) is 7.11 Å². The predicted octanol–water partition coefficient (Wildman–Crippen LogP) is 1.47. The minimum absolute atomic E-state index is 0.00848. The van der Waals surface area contributed by atoms with Gasteiger partial charge in [-0.05, 0) is 12.1 Å². The summed E-state index contributed by atoms with van der Waals surface area (Å²) in [4.78, 5) is 11.1. The van der Waals surface area contributed by atoms with Crippen LogP contribution in [0, 0.1) is 11.3 Å². The summed E-state index contributed by atoms with van der Waals surface area (Å²) in [5, 5.41) is 18.1. The molecule has 0 aliphatic rings. The molecule has 0 atom stereocenters. The van der Waals surface area contributed by atoms with E-state index in [1.807, 2.05) is 0 Å². The van der Waals surface area contributed by atoms with Crippen LogP contribution >= 0.6 is 0 Å². The Hall–Kier alpha value is -2.28. The maximum atomic E-state index is 11.1. The number of methoxy groups -OCH3 is 1. The third kappa shape index (κ3) is 2.58. The summed E-state index contributed by atoms with van der Waals surface area (Å²) in [6, 6.07) is 8.11. The van der Waals surface area contributed by atoms with E-state index in [2.05, 4.69) is 4.74 Å². The lowest BCUT2D eigenvalue weighted by Gasteiger charge is -1.99. The molecule has 0 bridgehead atoms. The van der Waals surface area contributed by atoms with E-state index in [1.54, 1.807) is 24.3 Å². The molecule has 0 aliphatic heterocycles. The number of rotatable bonds is 2. The summed E-state index contributed by atoms with van der Waals surface area (Å²) in [5.74, 6) is -0.713. The highest BCUT2D eigenvalue weighted by atomic mass is 16.5. The third-order valence-electron chi connectivity index (χ3n) is 1.76. The van der Waals surface area contributed by atoms with E-state index >= 15 is 0 Å². The van der Waals surface area contributed by atoms with Crippen LogP contribution in [0.4, 0.5) is 0 Å². The molecule has 0 amide bonds. The van der Waals surface area contributed by atoms with Gasteiger partial charge in [0.25, 0.3) is 0 Å². The summed E-state index contributed by atoms with van der Waals surface area (Å²) in [7, 11) is 1.19. The number of aromatic hydroxyl groups is 1. The molecule has 4 heteroatoms. The van der Waals surface area contributed by atoms with Crippen LogP contribution in [0.3, 0.4) is 0 Å². The Balaban J connectivity index is 3.11. The number of hydrogen-bond donors (Lipinski definition) is 1. The van der Waals surface area contributed by atoms with E-state index in [4.69, 9.17) is 5.26 Å². The van der Waals surface area contributed by atoms with Crippen LogP contribution in [0.15, 0.2) is 29.8 Å². The first-order chi connectivity index (χ1) is 7.19. The number of para-hydroxylation sites is 1. The fraction of sp³-hybridized carbons (Fsp3) is 0.0909. The van der Waals surface area contributed by atoms with Crippen molar-refractivity contribution in [1.29, 1.82) is 5.26 Å². The van der Waals surface area contributed by atoms with Crippen molar-refractivity contribution in [2.24, 2.45) is 0 Å². The van der Waals surface area contributed by atoms with Gasteiger partial charge in [-0.1, -0.05) is 18.2 Å². The Morgan fingerprint density at radius 1 is 1.53 bits per heavy atom. The Kier molecular flexibility index (Phi) is 3.47. The predicted molar refractivity (Wildman–Crippen MR) is 53.7 cm³/mol. The van der Waals surface area contributed by atoms with E-state index in [-0.39, 0.29) is 11.3 Å². The number of hydrogen-bond acceptors (Lipinski definition) is 4. The number of benzene rings is 1. The third-order valence-corrected chi connectivity index (χ3v) is 1.76. The molecule has 1 aromatic carbocycles. The monoisotopic (exact) mass is 203 g/mol. The SMILES string of the molecule is COC(=O)/C(C#N)=C/c1ccccc1O. The second-order valence-corrected chi connectivity index (χ2v) is 2.72. The van der Waals surface area contributed by atoms with Gasteiger partial charge < -0.3 is 9.84 Å².